The van der Waals surface area contributed by atoms with Crippen LogP contribution >= 0.6 is 0 Å². The molecule has 0 saturated heterocycles. The monoisotopic (exact) mass is 561 g/mol. The molecule has 0 aromatic heterocycles. The van der Waals surface area contributed by atoms with Gasteiger partial charge in [-0.15, -0.1) is 0 Å². The Balaban J connectivity index is 3.53. The molecule has 0 spiro atoms. The molecule has 0 aromatic carbocycles. The summed E-state index contributed by atoms with van der Waals surface area (Å²) in [5, 5.41) is 9.52. The molecule has 0 aliphatic carbocycles. The largest absolute Gasteiger partial charge is 0.478 e. The minimum absolute atomic E-state index is 0.576. The summed E-state index contributed by atoms with van der Waals surface area (Å²) >= 11 is 0. The van der Waals surface area contributed by atoms with E-state index >= 15 is 0 Å². The molecule has 0 atom stereocenters. The average molecular weight is 561 g/mol. The van der Waals surface area contributed by atoms with E-state index < -0.39 is 5.97 Å². The van der Waals surface area contributed by atoms with Crippen molar-refractivity contribution < 1.29 is 9.90 Å². The molecular weight excluding hydrogens is 488 g/mol. The van der Waals surface area contributed by atoms with Crippen molar-refractivity contribution in [2.24, 2.45) is 0 Å². The van der Waals surface area contributed by atoms with Gasteiger partial charge in [-0.3, -0.25) is 0 Å². The standard InChI is InChI=1S/C38H72O2/c1-3-5-7-9-11-13-15-17-19-21-23-25-27-29-31-33-35-37(38(39)40)36-34-32-30-28-26-24-22-20-18-16-14-12-10-8-6-4-2/h31,33,35H,3-30,32,34,36H2,1-2H3,(H,39,40). The lowest BCUT2D eigenvalue weighted by Gasteiger charge is -2.04. The summed E-state index contributed by atoms with van der Waals surface area (Å²) in [7, 11) is 0. The van der Waals surface area contributed by atoms with Gasteiger partial charge in [-0.1, -0.05) is 205 Å². The Morgan fingerprint density at radius 2 is 0.750 bits per heavy atom. The van der Waals surface area contributed by atoms with Gasteiger partial charge in [-0.05, 0) is 25.7 Å². The summed E-state index contributed by atoms with van der Waals surface area (Å²) in [6, 6.07) is 0. The molecule has 0 amide bonds. The van der Waals surface area contributed by atoms with Crippen molar-refractivity contribution in [2.45, 2.75) is 213 Å². The number of carboxylic acid groups (broad SMARTS) is 1. The highest BCUT2D eigenvalue weighted by Gasteiger charge is 2.05. The molecule has 2 heteroatoms. The minimum Gasteiger partial charge on any atom is -0.478 e. The van der Waals surface area contributed by atoms with Crippen molar-refractivity contribution in [3.63, 3.8) is 0 Å². The van der Waals surface area contributed by atoms with Crippen LogP contribution in [-0.2, 0) is 4.79 Å². The molecule has 0 aromatic rings. The molecule has 0 aliphatic heterocycles. The van der Waals surface area contributed by atoms with Gasteiger partial charge in [-0.2, -0.15) is 0 Å². The quantitative estimate of drug-likeness (QED) is 0.0492. The lowest BCUT2D eigenvalue weighted by molar-refractivity contribution is -0.132. The van der Waals surface area contributed by atoms with E-state index in [-0.39, 0.29) is 0 Å². The van der Waals surface area contributed by atoms with Crippen LogP contribution in [0.5, 0.6) is 0 Å². The topological polar surface area (TPSA) is 37.3 Å². The SMILES string of the molecule is CCCCCCCCCCCCCCCC=CC=C(CCCCCCCCCCCCCCCCCC)C(=O)O. The first-order chi connectivity index (χ1) is 19.7. The molecule has 0 fully saturated rings. The van der Waals surface area contributed by atoms with Crippen molar-refractivity contribution in [1.29, 1.82) is 0 Å². The fraction of sp³-hybridized carbons (Fsp3) is 0.868. The number of allylic oxidation sites excluding steroid dienone is 3. The molecule has 1 N–H and O–H groups in total. The number of unbranched alkanes of at least 4 members (excludes halogenated alkanes) is 28. The summed E-state index contributed by atoms with van der Waals surface area (Å²) in [6.07, 6.45) is 47.3. The predicted octanol–water partition coefficient (Wildman–Crippen LogP) is 13.7. The first-order valence-corrected chi connectivity index (χ1v) is 18.3. The Morgan fingerprint density at radius 1 is 0.450 bits per heavy atom. The number of hydrogen-bond donors (Lipinski definition) is 1. The molecule has 2 nitrogen and oxygen atoms in total. The average Bonchev–Trinajstić information content (AvgIpc) is 2.95. The first kappa shape index (κ1) is 39.0. The Bertz CT molecular complexity index is 562. The normalized spacial score (nSPS) is 12.1. The second-order valence-corrected chi connectivity index (χ2v) is 12.5. The van der Waals surface area contributed by atoms with E-state index in [2.05, 4.69) is 19.9 Å². The van der Waals surface area contributed by atoms with E-state index in [4.69, 9.17) is 0 Å². The van der Waals surface area contributed by atoms with E-state index in [0.29, 0.717) is 12.0 Å². The lowest BCUT2D eigenvalue weighted by atomic mass is 10.0. The number of aliphatic carboxylic acids is 1. The summed E-state index contributed by atoms with van der Waals surface area (Å²) in [4.78, 5) is 11.6. The third-order valence-corrected chi connectivity index (χ3v) is 8.48. The maximum absolute atomic E-state index is 11.6. The van der Waals surface area contributed by atoms with Gasteiger partial charge in [-0.25, -0.2) is 4.79 Å². The van der Waals surface area contributed by atoms with Gasteiger partial charge in [0.15, 0.2) is 0 Å². The molecule has 40 heavy (non-hydrogen) atoms. The van der Waals surface area contributed by atoms with Gasteiger partial charge in [0, 0.05) is 5.57 Å². The summed E-state index contributed by atoms with van der Waals surface area (Å²) in [6.45, 7) is 4.57. The van der Waals surface area contributed by atoms with E-state index in [1.807, 2.05) is 12.2 Å². The second kappa shape index (κ2) is 34.2. The van der Waals surface area contributed by atoms with E-state index in [9.17, 15) is 9.90 Å². The zero-order valence-corrected chi connectivity index (χ0v) is 27.5. The molecule has 0 saturated carbocycles. The summed E-state index contributed by atoms with van der Waals surface area (Å²) in [5.41, 5.74) is 0.576. The van der Waals surface area contributed by atoms with Gasteiger partial charge in [0.05, 0.1) is 0 Å². The van der Waals surface area contributed by atoms with Crippen LogP contribution in [0.15, 0.2) is 23.8 Å². The zero-order chi connectivity index (χ0) is 29.2. The fourth-order valence-electron chi connectivity index (χ4n) is 5.69. The van der Waals surface area contributed by atoms with E-state index in [0.717, 1.165) is 19.3 Å². The predicted molar refractivity (Wildman–Crippen MR) is 179 cm³/mol. The van der Waals surface area contributed by atoms with Crippen LogP contribution in [0.25, 0.3) is 0 Å². The van der Waals surface area contributed by atoms with Crippen LogP contribution in [0.4, 0.5) is 0 Å². The molecule has 0 aliphatic rings. The highest BCUT2D eigenvalue weighted by Crippen LogP contribution is 2.16. The van der Waals surface area contributed by atoms with Crippen molar-refractivity contribution in [1.82, 2.24) is 0 Å². The van der Waals surface area contributed by atoms with Crippen LogP contribution in [-0.4, -0.2) is 11.1 Å². The molecule has 0 unspecified atom stereocenters. The smallest absolute Gasteiger partial charge is 0.331 e. The summed E-state index contributed by atoms with van der Waals surface area (Å²) in [5.74, 6) is -0.744. The Labute approximate surface area is 252 Å². The van der Waals surface area contributed by atoms with Crippen LogP contribution < -0.4 is 0 Å². The highest BCUT2D eigenvalue weighted by molar-refractivity contribution is 5.86. The third-order valence-electron chi connectivity index (χ3n) is 8.48. The van der Waals surface area contributed by atoms with Crippen LogP contribution in [0, 0.1) is 0 Å². The summed E-state index contributed by atoms with van der Waals surface area (Å²) < 4.78 is 0. The van der Waals surface area contributed by atoms with Gasteiger partial charge in [0.25, 0.3) is 0 Å². The number of hydrogen-bond acceptors (Lipinski definition) is 1. The third kappa shape index (κ3) is 31.5. The maximum atomic E-state index is 11.6. The fourth-order valence-corrected chi connectivity index (χ4v) is 5.69. The Kier molecular flexibility index (Phi) is 33.3. The Hall–Kier alpha value is -1.05. The molecule has 0 bridgehead atoms. The second-order valence-electron chi connectivity index (χ2n) is 12.5. The van der Waals surface area contributed by atoms with Gasteiger partial charge in [0.2, 0.25) is 0 Å². The van der Waals surface area contributed by atoms with Crippen LogP contribution in [0.2, 0.25) is 0 Å². The molecule has 236 valence electrons. The van der Waals surface area contributed by atoms with Crippen molar-refractivity contribution in [2.75, 3.05) is 0 Å². The zero-order valence-electron chi connectivity index (χ0n) is 27.5. The Morgan fingerprint density at radius 3 is 1.07 bits per heavy atom. The minimum atomic E-state index is -0.744. The lowest BCUT2D eigenvalue weighted by Crippen LogP contribution is -2.00. The van der Waals surface area contributed by atoms with Gasteiger partial charge in [0.1, 0.15) is 0 Å². The number of carbonyl (C=O) groups is 1. The molecule has 0 radical (unpaired) electrons. The van der Waals surface area contributed by atoms with Crippen LogP contribution in [0.3, 0.4) is 0 Å². The molecule has 0 heterocycles. The molecule has 0 rings (SSSR count). The van der Waals surface area contributed by atoms with Gasteiger partial charge < -0.3 is 5.11 Å². The highest BCUT2D eigenvalue weighted by atomic mass is 16.4. The van der Waals surface area contributed by atoms with Gasteiger partial charge >= 0.3 is 5.97 Å². The number of rotatable bonds is 33. The van der Waals surface area contributed by atoms with Crippen molar-refractivity contribution in [3.05, 3.63) is 23.8 Å². The van der Waals surface area contributed by atoms with E-state index in [1.165, 1.54) is 173 Å². The van der Waals surface area contributed by atoms with E-state index in [1.54, 1.807) is 0 Å². The maximum Gasteiger partial charge on any atom is 0.331 e. The van der Waals surface area contributed by atoms with Crippen molar-refractivity contribution >= 4 is 5.97 Å². The molecular formula is C38H72O2. The van der Waals surface area contributed by atoms with Crippen molar-refractivity contribution in [3.8, 4) is 0 Å². The number of carboxylic acids is 1. The first-order valence-electron chi connectivity index (χ1n) is 18.3. The van der Waals surface area contributed by atoms with Crippen LogP contribution in [0.1, 0.15) is 213 Å².